The first-order valence-corrected chi connectivity index (χ1v) is 8.79. The molecule has 1 saturated heterocycles. The summed E-state index contributed by atoms with van der Waals surface area (Å²) in [6.07, 6.45) is 3.37. The number of hydrogen-bond donors (Lipinski definition) is 0. The van der Waals surface area contributed by atoms with Gasteiger partial charge in [0.25, 0.3) is 5.91 Å². The Bertz CT molecular complexity index is 919. The number of aromatic nitrogens is 4. The highest BCUT2D eigenvalue weighted by Gasteiger charge is 2.26. The van der Waals surface area contributed by atoms with Crippen molar-refractivity contribution in [2.45, 2.75) is 18.9 Å². The molecule has 0 atom stereocenters. The number of halogens is 2. The molecule has 128 valence electrons. The van der Waals surface area contributed by atoms with Crippen molar-refractivity contribution < 1.29 is 4.79 Å². The Kier molecular flexibility index (Phi) is 4.31. The zero-order chi connectivity index (χ0) is 17.4. The van der Waals surface area contributed by atoms with Crippen molar-refractivity contribution in [2.75, 3.05) is 13.1 Å². The summed E-state index contributed by atoms with van der Waals surface area (Å²) in [4.78, 5) is 26.9. The van der Waals surface area contributed by atoms with Crippen LogP contribution in [0.3, 0.4) is 0 Å². The van der Waals surface area contributed by atoms with Gasteiger partial charge in [0, 0.05) is 24.7 Å². The lowest BCUT2D eigenvalue weighted by atomic mass is 10.0. The van der Waals surface area contributed by atoms with E-state index in [1.807, 2.05) is 39.8 Å². The Labute approximate surface area is 154 Å². The molecule has 1 amide bonds. The molecule has 2 aromatic heterocycles. The molecule has 0 radical (unpaired) electrons. The van der Waals surface area contributed by atoms with Crippen LogP contribution >= 0.6 is 23.2 Å². The highest BCUT2D eigenvalue weighted by atomic mass is 35.5. The van der Waals surface area contributed by atoms with Gasteiger partial charge in [0.15, 0.2) is 10.8 Å². The molecule has 0 unspecified atom stereocenters. The molecule has 3 heterocycles. The smallest absolute Gasteiger partial charge is 0.253 e. The number of imidazole rings is 1. The number of amides is 1. The first-order valence-electron chi connectivity index (χ1n) is 8.03. The maximum Gasteiger partial charge on any atom is 0.253 e. The van der Waals surface area contributed by atoms with Crippen LogP contribution < -0.4 is 0 Å². The summed E-state index contributed by atoms with van der Waals surface area (Å²) in [5.74, 6) is 0.0722. The second-order valence-corrected chi connectivity index (χ2v) is 6.69. The van der Waals surface area contributed by atoms with Gasteiger partial charge in [0.05, 0.1) is 6.33 Å². The van der Waals surface area contributed by atoms with E-state index in [9.17, 15) is 4.79 Å². The van der Waals surface area contributed by atoms with Gasteiger partial charge in [-0.2, -0.15) is 4.98 Å². The van der Waals surface area contributed by atoms with E-state index in [1.54, 1.807) is 6.33 Å². The normalized spacial score (nSPS) is 15.7. The number of piperidine rings is 1. The summed E-state index contributed by atoms with van der Waals surface area (Å²) >= 11 is 12.0. The molecule has 0 aliphatic carbocycles. The Hall–Kier alpha value is -2.18. The van der Waals surface area contributed by atoms with Gasteiger partial charge in [0.2, 0.25) is 5.28 Å². The summed E-state index contributed by atoms with van der Waals surface area (Å²) in [5, 5.41) is 0.362. The lowest BCUT2D eigenvalue weighted by Gasteiger charge is -2.32. The average molecular weight is 376 g/mol. The van der Waals surface area contributed by atoms with E-state index in [4.69, 9.17) is 23.2 Å². The minimum atomic E-state index is 0.0722. The number of carbonyl (C=O) groups is 1. The van der Waals surface area contributed by atoms with E-state index < -0.39 is 0 Å². The molecule has 0 spiro atoms. The van der Waals surface area contributed by atoms with Crippen LogP contribution in [0.2, 0.25) is 10.4 Å². The number of nitrogens with zero attached hydrogens (tertiary/aromatic N) is 5. The molecule has 8 heteroatoms. The summed E-state index contributed by atoms with van der Waals surface area (Å²) < 4.78 is 1.99. The second-order valence-electron chi connectivity index (χ2n) is 6.00. The van der Waals surface area contributed by atoms with E-state index in [0.29, 0.717) is 24.3 Å². The van der Waals surface area contributed by atoms with Crippen molar-refractivity contribution in [2.24, 2.45) is 0 Å². The third-order valence-electron chi connectivity index (χ3n) is 4.52. The highest BCUT2D eigenvalue weighted by Crippen LogP contribution is 2.29. The fraction of sp³-hybridized carbons (Fsp3) is 0.294. The van der Waals surface area contributed by atoms with Crippen molar-refractivity contribution in [1.29, 1.82) is 0 Å². The van der Waals surface area contributed by atoms with E-state index >= 15 is 0 Å². The third-order valence-corrected chi connectivity index (χ3v) is 4.95. The van der Waals surface area contributed by atoms with Gasteiger partial charge in [-0.25, -0.2) is 9.97 Å². The average Bonchev–Trinajstić information content (AvgIpc) is 3.06. The Morgan fingerprint density at radius 2 is 1.80 bits per heavy atom. The Balaban J connectivity index is 1.52. The lowest BCUT2D eigenvalue weighted by molar-refractivity contribution is 0.0696. The fourth-order valence-corrected chi connectivity index (χ4v) is 3.66. The molecule has 0 N–H and O–H groups in total. The Morgan fingerprint density at radius 1 is 1.08 bits per heavy atom. The fourth-order valence-electron chi connectivity index (χ4n) is 3.23. The van der Waals surface area contributed by atoms with Crippen LogP contribution in [-0.2, 0) is 0 Å². The molecule has 1 aliphatic heterocycles. The van der Waals surface area contributed by atoms with Crippen molar-refractivity contribution >= 4 is 40.3 Å². The zero-order valence-corrected chi connectivity index (χ0v) is 14.8. The first-order chi connectivity index (χ1) is 12.1. The topological polar surface area (TPSA) is 63.9 Å². The van der Waals surface area contributed by atoms with Crippen LogP contribution in [0.5, 0.6) is 0 Å². The molecule has 1 aliphatic rings. The SMILES string of the molecule is O=C(c1ccccc1)N1CCC(n2cnc3c(Cl)nc(Cl)nc32)CC1. The molecule has 0 saturated carbocycles. The van der Waals surface area contributed by atoms with Crippen molar-refractivity contribution in [3.05, 3.63) is 52.7 Å². The number of benzene rings is 1. The number of carbonyl (C=O) groups excluding carboxylic acids is 1. The molecule has 3 aromatic rings. The minimum absolute atomic E-state index is 0.0722. The number of rotatable bonds is 2. The standard InChI is InChI=1S/C17H15Cl2N5O/c18-14-13-15(22-17(19)21-14)24(10-20-13)12-6-8-23(9-7-12)16(25)11-4-2-1-3-5-11/h1-5,10,12H,6-9H2. The van der Waals surface area contributed by atoms with Crippen LogP contribution in [0.4, 0.5) is 0 Å². The van der Waals surface area contributed by atoms with E-state index in [2.05, 4.69) is 15.0 Å². The number of hydrogen-bond acceptors (Lipinski definition) is 4. The summed E-state index contributed by atoms with van der Waals surface area (Å²) in [5.41, 5.74) is 1.91. The van der Waals surface area contributed by atoms with E-state index in [0.717, 1.165) is 18.4 Å². The predicted molar refractivity (Wildman–Crippen MR) is 96.0 cm³/mol. The third kappa shape index (κ3) is 3.07. The van der Waals surface area contributed by atoms with Crippen molar-refractivity contribution in [1.82, 2.24) is 24.4 Å². The molecular formula is C17H15Cl2N5O. The molecular weight excluding hydrogens is 361 g/mol. The summed E-state index contributed by atoms with van der Waals surface area (Å²) in [6, 6.07) is 9.56. The number of likely N-dealkylation sites (tertiary alicyclic amines) is 1. The second kappa shape index (κ2) is 6.61. The van der Waals surface area contributed by atoms with Crippen LogP contribution in [0.25, 0.3) is 11.2 Å². The zero-order valence-electron chi connectivity index (χ0n) is 13.3. The van der Waals surface area contributed by atoms with Gasteiger partial charge in [-0.3, -0.25) is 4.79 Å². The van der Waals surface area contributed by atoms with Crippen molar-refractivity contribution in [3.8, 4) is 0 Å². The van der Waals surface area contributed by atoms with Crippen LogP contribution in [0, 0.1) is 0 Å². The summed E-state index contributed by atoms with van der Waals surface area (Å²) in [6.45, 7) is 1.37. The van der Waals surface area contributed by atoms with Gasteiger partial charge in [0.1, 0.15) is 5.52 Å². The van der Waals surface area contributed by atoms with Gasteiger partial charge < -0.3 is 9.47 Å². The molecule has 4 rings (SSSR count). The predicted octanol–water partition coefficient (Wildman–Crippen LogP) is 3.61. The van der Waals surface area contributed by atoms with Crippen LogP contribution in [-0.4, -0.2) is 43.4 Å². The molecule has 1 aromatic carbocycles. The van der Waals surface area contributed by atoms with Gasteiger partial charge in [-0.15, -0.1) is 0 Å². The lowest BCUT2D eigenvalue weighted by Crippen LogP contribution is -2.39. The number of fused-ring (bicyclic) bond motifs is 1. The maximum atomic E-state index is 12.5. The Morgan fingerprint density at radius 3 is 2.52 bits per heavy atom. The van der Waals surface area contributed by atoms with Gasteiger partial charge in [-0.05, 0) is 36.6 Å². The van der Waals surface area contributed by atoms with E-state index in [-0.39, 0.29) is 22.4 Å². The molecule has 1 fully saturated rings. The van der Waals surface area contributed by atoms with Gasteiger partial charge in [-0.1, -0.05) is 29.8 Å². The largest absolute Gasteiger partial charge is 0.338 e. The van der Waals surface area contributed by atoms with Crippen LogP contribution in [0.1, 0.15) is 29.2 Å². The quantitative estimate of drug-likeness (QED) is 0.506. The highest BCUT2D eigenvalue weighted by molar-refractivity contribution is 6.35. The monoisotopic (exact) mass is 375 g/mol. The summed E-state index contributed by atoms with van der Waals surface area (Å²) in [7, 11) is 0. The minimum Gasteiger partial charge on any atom is -0.338 e. The molecule has 0 bridgehead atoms. The van der Waals surface area contributed by atoms with Gasteiger partial charge >= 0.3 is 0 Å². The maximum absolute atomic E-state index is 12.5. The van der Waals surface area contributed by atoms with Crippen molar-refractivity contribution in [3.63, 3.8) is 0 Å². The van der Waals surface area contributed by atoms with E-state index in [1.165, 1.54) is 0 Å². The van der Waals surface area contributed by atoms with Crippen LogP contribution in [0.15, 0.2) is 36.7 Å². The molecule has 6 nitrogen and oxygen atoms in total. The molecule has 25 heavy (non-hydrogen) atoms. The first kappa shape index (κ1) is 16.3.